The molecule has 0 aromatic heterocycles. The van der Waals surface area contributed by atoms with Gasteiger partial charge in [0.15, 0.2) is 5.78 Å². The summed E-state index contributed by atoms with van der Waals surface area (Å²) in [6.45, 7) is 0. The number of hydrogen-bond acceptors (Lipinski definition) is 8. The zero-order valence-corrected chi connectivity index (χ0v) is 21.0. The Labute approximate surface area is 221 Å². The Morgan fingerprint density at radius 3 is 1.89 bits per heavy atom. The van der Waals surface area contributed by atoms with E-state index in [0.29, 0.717) is 25.7 Å². The minimum absolute atomic E-state index is 0.152. The molecule has 0 heterocycles. The molecule has 0 saturated heterocycles. The summed E-state index contributed by atoms with van der Waals surface area (Å²) < 4.78 is 0. The van der Waals surface area contributed by atoms with Crippen molar-refractivity contribution in [2.24, 2.45) is 26.6 Å². The third-order valence-electron chi connectivity index (χ3n) is 8.79. The lowest BCUT2D eigenvalue weighted by Gasteiger charge is -2.48. The standard InChI is InChI=1S/C30H30N6O2/c31-34-26-19-30(36-33,24-9-5-2-6-10-24)28(27(26)38)15-17-29(35-32,18-16-28)25(20-37)23-13-11-22(12-14-23)21-7-3-1-4-8-21/h1-14,20,25,32-33H,15-19,31H2. The summed E-state index contributed by atoms with van der Waals surface area (Å²) in [6.07, 6.45) is 2.31. The summed E-state index contributed by atoms with van der Waals surface area (Å²) in [5.41, 5.74) is 17.2. The Hall–Kier alpha value is -4.33. The largest absolute Gasteiger partial charge is 0.323 e. The zero-order valence-electron chi connectivity index (χ0n) is 21.0. The summed E-state index contributed by atoms with van der Waals surface area (Å²) >= 11 is 0. The van der Waals surface area contributed by atoms with Crippen molar-refractivity contribution in [1.82, 2.24) is 0 Å². The molecule has 2 aliphatic carbocycles. The minimum Gasteiger partial charge on any atom is -0.323 e. The second-order valence-corrected chi connectivity index (χ2v) is 10.3. The molecule has 4 N–H and O–H groups in total. The SMILES string of the molecule is N=NC1(C(C=O)c2ccc(-c3ccccc3)cc2)CCC2(CC1)C(=O)C(=NN)CC2(N=N)c1ccccc1. The van der Waals surface area contributed by atoms with E-state index in [9.17, 15) is 9.59 Å². The van der Waals surface area contributed by atoms with Crippen LogP contribution >= 0.6 is 0 Å². The van der Waals surface area contributed by atoms with Gasteiger partial charge < -0.3 is 10.6 Å². The van der Waals surface area contributed by atoms with Crippen molar-refractivity contribution in [2.75, 3.05) is 0 Å². The summed E-state index contributed by atoms with van der Waals surface area (Å²) in [7, 11) is 0. The van der Waals surface area contributed by atoms with E-state index in [1.54, 1.807) is 0 Å². The highest BCUT2D eigenvalue weighted by Crippen LogP contribution is 2.62. The molecule has 2 aliphatic rings. The highest BCUT2D eigenvalue weighted by atomic mass is 16.1. The summed E-state index contributed by atoms with van der Waals surface area (Å²) in [5.74, 6) is 4.78. The van der Waals surface area contributed by atoms with Gasteiger partial charge in [0.25, 0.3) is 0 Å². The average molecular weight is 507 g/mol. The van der Waals surface area contributed by atoms with E-state index in [-0.39, 0.29) is 17.9 Å². The second kappa shape index (κ2) is 9.85. The zero-order chi connectivity index (χ0) is 26.8. The number of carbonyl (C=O) groups is 2. The smallest absolute Gasteiger partial charge is 0.187 e. The average Bonchev–Trinajstić information content (AvgIpc) is 3.23. The van der Waals surface area contributed by atoms with Crippen LogP contribution in [-0.4, -0.2) is 23.3 Å². The Morgan fingerprint density at radius 2 is 1.37 bits per heavy atom. The number of nitrogens with one attached hydrogen (secondary N) is 2. The molecule has 2 atom stereocenters. The van der Waals surface area contributed by atoms with Gasteiger partial charge >= 0.3 is 0 Å². The molecule has 38 heavy (non-hydrogen) atoms. The van der Waals surface area contributed by atoms with Crippen LogP contribution < -0.4 is 5.84 Å². The number of Topliss-reactive ketones (excluding diaryl/α,β-unsaturated/α-hetero) is 1. The van der Waals surface area contributed by atoms with E-state index in [2.05, 4.69) is 15.3 Å². The number of rotatable bonds is 7. The topological polar surface area (TPSA) is 145 Å². The fourth-order valence-corrected chi connectivity index (χ4v) is 6.64. The fraction of sp³-hybridized carbons (Fsp3) is 0.300. The molecule has 3 aromatic carbocycles. The van der Waals surface area contributed by atoms with Crippen LogP contribution in [-0.2, 0) is 15.1 Å². The van der Waals surface area contributed by atoms with Gasteiger partial charge in [-0.25, -0.2) is 11.1 Å². The Kier molecular flexibility index (Phi) is 6.57. The van der Waals surface area contributed by atoms with Crippen LogP contribution in [0.1, 0.15) is 49.1 Å². The highest BCUT2D eigenvalue weighted by Gasteiger charge is 2.67. The number of aldehydes is 1. The van der Waals surface area contributed by atoms with Crippen LogP contribution in [0.5, 0.6) is 0 Å². The molecule has 0 radical (unpaired) electrons. The van der Waals surface area contributed by atoms with Crippen LogP contribution in [0.15, 0.2) is 100 Å². The van der Waals surface area contributed by atoms with Gasteiger partial charge in [0.05, 0.1) is 16.9 Å². The molecule has 2 unspecified atom stereocenters. The summed E-state index contributed by atoms with van der Waals surface area (Å²) in [5, 5.41) is 11.9. The number of hydrazone groups is 1. The van der Waals surface area contributed by atoms with Crippen molar-refractivity contribution < 1.29 is 9.59 Å². The lowest BCUT2D eigenvalue weighted by Crippen LogP contribution is -2.51. The molecule has 2 fully saturated rings. The normalized spacial score (nSPS) is 28.7. The first-order valence-corrected chi connectivity index (χ1v) is 12.7. The molecule has 3 aromatic rings. The van der Waals surface area contributed by atoms with Crippen molar-refractivity contribution in [1.29, 1.82) is 11.1 Å². The third kappa shape index (κ3) is 3.70. The van der Waals surface area contributed by atoms with Gasteiger partial charge in [0.1, 0.15) is 17.5 Å². The third-order valence-corrected chi connectivity index (χ3v) is 8.79. The van der Waals surface area contributed by atoms with Gasteiger partial charge in [0, 0.05) is 6.42 Å². The van der Waals surface area contributed by atoms with Crippen molar-refractivity contribution in [3.63, 3.8) is 0 Å². The highest BCUT2D eigenvalue weighted by molar-refractivity contribution is 6.44. The molecule has 2 saturated carbocycles. The van der Waals surface area contributed by atoms with E-state index >= 15 is 0 Å². The Balaban J connectivity index is 1.49. The van der Waals surface area contributed by atoms with Gasteiger partial charge in [-0.05, 0) is 47.9 Å². The number of carbonyl (C=O) groups excluding carboxylic acids is 2. The first kappa shape index (κ1) is 25.3. The van der Waals surface area contributed by atoms with Gasteiger partial charge in [0.2, 0.25) is 0 Å². The minimum atomic E-state index is -1.13. The quantitative estimate of drug-likeness (QED) is 0.152. The van der Waals surface area contributed by atoms with Crippen LogP contribution in [0.25, 0.3) is 11.1 Å². The Bertz CT molecular complexity index is 1380. The molecular weight excluding hydrogens is 476 g/mol. The van der Waals surface area contributed by atoms with Crippen molar-refractivity contribution in [3.05, 3.63) is 96.1 Å². The number of hydrogen-bond donors (Lipinski definition) is 3. The van der Waals surface area contributed by atoms with Crippen molar-refractivity contribution in [2.45, 2.75) is 49.1 Å². The predicted octanol–water partition coefficient (Wildman–Crippen LogP) is 6.18. The number of ketones is 1. The lowest BCUT2D eigenvalue weighted by atomic mass is 9.55. The van der Waals surface area contributed by atoms with E-state index < -0.39 is 22.4 Å². The molecule has 5 rings (SSSR count). The maximum Gasteiger partial charge on any atom is 0.187 e. The number of benzene rings is 3. The molecule has 0 bridgehead atoms. The van der Waals surface area contributed by atoms with E-state index in [1.807, 2.05) is 84.9 Å². The van der Waals surface area contributed by atoms with Crippen LogP contribution in [0, 0.1) is 16.5 Å². The molecule has 192 valence electrons. The maximum atomic E-state index is 13.7. The fourth-order valence-electron chi connectivity index (χ4n) is 6.64. The molecule has 0 aliphatic heterocycles. The van der Waals surface area contributed by atoms with Crippen LogP contribution in [0.2, 0.25) is 0 Å². The van der Waals surface area contributed by atoms with Gasteiger partial charge in [-0.1, -0.05) is 84.9 Å². The van der Waals surface area contributed by atoms with Crippen LogP contribution in [0.3, 0.4) is 0 Å². The molecule has 0 amide bonds. The van der Waals surface area contributed by atoms with Gasteiger partial charge in [-0.3, -0.25) is 4.79 Å². The first-order chi connectivity index (χ1) is 18.5. The van der Waals surface area contributed by atoms with Gasteiger partial charge in [-0.15, -0.1) is 0 Å². The molecular formula is C30H30N6O2. The molecule has 8 heteroatoms. The number of nitrogens with zero attached hydrogens (tertiary/aromatic N) is 3. The Morgan fingerprint density at radius 1 is 0.789 bits per heavy atom. The summed E-state index contributed by atoms with van der Waals surface area (Å²) in [4.78, 5) is 26.3. The van der Waals surface area contributed by atoms with Crippen LogP contribution in [0.4, 0.5) is 0 Å². The van der Waals surface area contributed by atoms with E-state index in [1.165, 1.54) is 0 Å². The van der Waals surface area contributed by atoms with Crippen molar-refractivity contribution in [3.8, 4) is 11.1 Å². The number of nitrogens with two attached hydrogens (primary N) is 1. The van der Waals surface area contributed by atoms with E-state index in [0.717, 1.165) is 28.5 Å². The predicted molar refractivity (Wildman–Crippen MR) is 144 cm³/mol. The second-order valence-electron chi connectivity index (χ2n) is 10.3. The van der Waals surface area contributed by atoms with Gasteiger partial charge in [-0.2, -0.15) is 15.3 Å². The monoisotopic (exact) mass is 506 g/mol. The maximum absolute atomic E-state index is 13.7. The molecule has 8 nitrogen and oxygen atoms in total. The lowest BCUT2D eigenvalue weighted by molar-refractivity contribution is -0.127. The van der Waals surface area contributed by atoms with Crippen molar-refractivity contribution >= 4 is 17.8 Å². The molecule has 1 spiro atoms. The van der Waals surface area contributed by atoms with E-state index in [4.69, 9.17) is 16.9 Å². The summed E-state index contributed by atoms with van der Waals surface area (Å²) in [6, 6.07) is 27.2. The first-order valence-electron chi connectivity index (χ1n) is 12.7.